The van der Waals surface area contributed by atoms with Gasteiger partial charge in [-0.15, -0.1) is 0 Å². The zero-order valence-electron chi connectivity index (χ0n) is 19.8. The molecule has 35 heavy (non-hydrogen) atoms. The number of ether oxygens (including phenoxy) is 1. The number of nitrogens with zero attached hydrogens (tertiary/aromatic N) is 2. The van der Waals surface area contributed by atoms with Crippen molar-refractivity contribution in [1.29, 1.82) is 0 Å². The fourth-order valence-electron chi connectivity index (χ4n) is 4.01. The van der Waals surface area contributed by atoms with E-state index in [1.807, 2.05) is 55.5 Å². The van der Waals surface area contributed by atoms with Crippen LogP contribution in [0.1, 0.15) is 29.8 Å². The lowest BCUT2D eigenvalue weighted by Crippen LogP contribution is -2.26. The molecule has 0 aliphatic rings. The number of rotatable bonds is 11. The summed E-state index contributed by atoms with van der Waals surface area (Å²) in [6.07, 6.45) is 2.80. The Bertz CT molecular complexity index is 1290. The molecule has 1 aromatic heterocycles. The average molecular weight is 510 g/mol. The fraction of sp³-hybridized carbons (Fsp3) is 0.286. The van der Waals surface area contributed by atoms with Crippen LogP contribution in [0.2, 0.25) is 10.0 Å². The monoisotopic (exact) mass is 509 g/mol. The van der Waals surface area contributed by atoms with E-state index in [0.29, 0.717) is 24.6 Å². The van der Waals surface area contributed by atoms with Crippen LogP contribution in [0.15, 0.2) is 66.7 Å². The molecule has 4 aromatic rings. The standard InChI is InChI=1S/C28H29Cl2N3O2/c1-20-18-23(13-14-24(20)30)35-17-5-16-33-26-7-3-2-6-25(26)32-27(33)8-4-15-31-28(34)19-21-9-11-22(29)12-10-21/h2-3,6-7,9-14,18H,4-5,8,15-17,19H2,1H3,(H,31,34). The quantitative estimate of drug-likeness (QED) is 0.237. The molecule has 1 N–H and O–H groups in total. The number of carbonyl (C=O) groups excluding carboxylic acids is 1. The first-order chi connectivity index (χ1) is 17.0. The van der Waals surface area contributed by atoms with Crippen molar-refractivity contribution in [1.82, 2.24) is 14.9 Å². The average Bonchev–Trinajstić information content (AvgIpc) is 3.20. The van der Waals surface area contributed by atoms with Crippen molar-refractivity contribution in [3.63, 3.8) is 0 Å². The van der Waals surface area contributed by atoms with Crippen LogP contribution < -0.4 is 10.1 Å². The molecule has 4 rings (SSSR count). The summed E-state index contributed by atoms with van der Waals surface area (Å²) >= 11 is 12.0. The number of amides is 1. The van der Waals surface area contributed by atoms with E-state index in [4.69, 9.17) is 32.9 Å². The Morgan fingerprint density at radius 3 is 2.63 bits per heavy atom. The highest BCUT2D eigenvalue weighted by Gasteiger charge is 2.11. The van der Waals surface area contributed by atoms with E-state index in [-0.39, 0.29) is 5.91 Å². The maximum absolute atomic E-state index is 12.3. The number of halogens is 2. The molecule has 0 aliphatic heterocycles. The molecule has 0 saturated carbocycles. The highest BCUT2D eigenvalue weighted by atomic mass is 35.5. The van der Waals surface area contributed by atoms with Gasteiger partial charge in [0.2, 0.25) is 5.91 Å². The second-order valence-electron chi connectivity index (χ2n) is 8.54. The minimum Gasteiger partial charge on any atom is -0.494 e. The van der Waals surface area contributed by atoms with Gasteiger partial charge in [-0.2, -0.15) is 0 Å². The van der Waals surface area contributed by atoms with Gasteiger partial charge < -0.3 is 14.6 Å². The largest absolute Gasteiger partial charge is 0.494 e. The Labute approximate surface area is 216 Å². The number of fused-ring (bicyclic) bond motifs is 1. The van der Waals surface area contributed by atoms with E-state index in [9.17, 15) is 4.79 Å². The van der Waals surface area contributed by atoms with Gasteiger partial charge in [-0.1, -0.05) is 47.5 Å². The zero-order valence-corrected chi connectivity index (χ0v) is 21.3. The number of aryl methyl sites for hydroxylation is 3. The Morgan fingerprint density at radius 2 is 1.83 bits per heavy atom. The maximum Gasteiger partial charge on any atom is 0.224 e. The number of hydrogen-bond donors (Lipinski definition) is 1. The zero-order chi connectivity index (χ0) is 24.6. The van der Waals surface area contributed by atoms with Crippen molar-refractivity contribution < 1.29 is 9.53 Å². The Kier molecular flexibility index (Phi) is 8.67. The van der Waals surface area contributed by atoms with E-state index >= 15 is 0 Å². The maximum atomic E-state index is 12.3. The van der Waals surface area contributed by atoms with E-state index in [1.165, 1.54) is 0 Å². The molecule has 0 aliphatic carbocycles. The number of benzene rings is 3. The molecule has 0 fully saturated rings. The van der Waals surface area contributed by atoms with Crippen LogP contribution in [0.25, 0.3) is 11.0 Å². The summed E-state index contributed by atoms with van der Waals surface area (Å²) in [6, 6.07) is 21.3. The number of nitrogens with one attached hydrogen (secondary N) is 1. The van der Waals surface area contributed by atoms with Crippen LogP contribution in [0, 0.1) is 6.92 Å². The van der Waals surface area contributed by atoms with Crippen LogP contribution >= 0.6 is 23.2 Å². The topological polar surface area (TPSA) is 56.1 Å². The van der Waals surface area contributed by atoms with Gasteiger partial charge in [-0.05, 0) is 73.4 Å². The van der Waals surface area contributed by atoms with Gasteiger partial charge >= 0.3 is 0 Å². The van der Waals surface area contributed by atoms with Crippen LogP contribution in [0.5, 0.6) is 5.75 Å². The van der Waals surface area contributed by atoms with Crippen molar-refractivity contribution >= 4 is 40.1 Å². The molecule has 182 valence electrons. The lowest BCUT2D eigenvalue weighted by atomic mass is 10.1. The van der Waals surface area contributed by atoms with Crippen molar-refractivity contribution in [3.05, 3.63) is 93.7 Å². The normalized spacial score (nSPS) is 11.1. The van der Waals surface area contributed by atoms with Crippen LogP contribution in [-0.2, 0) is 24.2 Å². The Hall–Kier alpha value is -3.02. The molecule has 1 amide bonds. The van der Waals surface area contributed by atoms with Gasteiger partial charge in [0.05, 0.1) is 24.1 Å². The molecule has 0 spiro atoms. The summed E-state index contributed by atoms with van der Waals surface area (Å²) in [4.78, 5) is 17.1. The molecular formula is C28H29Cl2N3O2. The van der Waals surface area contributed by atoms with E-state index in [0.717, 1.165) is 64.6 Å². The van der Waals surface area contributed by atoms with Gasteiger partial charge in [0.15, 0.2) is 0 Å². The van der Waals surface area contributed by atoms with Crippen LogP contribution in [0.4, 0.5) is 0 Å². The van der Waals surface area contributed by atoms with Gasteiger partial charge in [0, 0.05) is 29.6 Å². The summed E-state index contributed by atoms with van der Waals surface area (Å²) in [7, 11) is 0. The summed E-state index contributed by atoms with van der Waals surface area (Å²) in [5, 5.41) is 4.42. The van der Waals surface area contributed by atoms with Crippen molar-refractivity contribution in [2.75, 3.05) is 13.2 Å². The summed E-state index contributed by atoms with van der Waals surface area (Å²) < 4.78 is 8.19. The van der Waals surface area contributed by atoms with E-state index in [2.05, 4.69) is 16.0 Å². The number of imidazole rings is 1. The molecule has 5 nitrogen and oxygen atoms in total. The van der Waals surface area contributed by atoms with E-state index < -0.39 is 0 Å². The predicted molar refractivity (Wildman–Crippen MR) is 143 cm³/mol. The molecule has 1 heterocycles. The summed E-state index contributed by atoms with van der Waals surface area (Å²) in [6.45, 7) is 3.99. The molecule has 0 bridgehead atoms. The van der Waals surface area contributed by atoms with Crippen LogP contribution in [0.3, 0.4) is 0 Å². The van der Waals surface area contributed by atoms with Crippen molar-refractivity contribution in [2.24, 2.45) is 0 Å². The number of aromatic nitrogens is 2. The Balaban J connectivity index is 1.29. The van der Waals surface area contributed by atoms with Crippen molar-refractivity contribution in [2.45, 2.75) is 39.2 Å². The van der Waals surface area contributed by atoms with Gasteiger partial charge in [-0.3, -0.25) is 4.79 Å². The molecule has 0 atom stereocenters. The minimum atomic E-state index is 0.00964. The van der Waals surface area contributed by atoms with Crippen molar-refractivity contribution in [3.8, 4) is 5.75 Å². The first-order valence-electron chi connectivity index (χ1n) is 11.8. The number of para-hydroxylation sites is 2. The molecule has 7 heteroatoms. The third-order valence-electron chi connectivity index (χ3n) is 5.84. The predicted octanol–water partition coefficient (Wildman–Crippen LogP) is 6.41. The number of carbonyl (C=O) groups is 1. The first kappa shape index (κ1) is 25.1. The lowest BCUT2D eigenvalue weighted by Gasteiger charge is -2.11. The SMILES string of the molecule is Cc1cc(OCCCn2c(CCCNC(=O)Cc3ccc(Cl)cc3)nc3ccccc32)ccc1Cl. The second kappa shape index (κ2) is 12.1. The fourth-order valence-corrected chi connectivity index (χ4v) is 4.25. The third-order valence-corrected chi connectivity index (χ3v) is 6.51. The smallest absolute Gasteiger partial charge is 0.224 e. The van der Waals surface area contributed by atoms with Gasteiger partial charge in [-0.25, -0.2) is 4.98 Å². The second-order valence-corrected chi connectivity index (χ2v) is 9.38. The minimum absolute atomic E-state index is 0.00964. The number of hydrogen-bond acceptors (Lipinski definition) is 3. The molecular weight excluding hydrogens is 481 g/mol. The molecule has 0 unspecified atom stereocenters. The lowest BCUT2D eigenvalue weighted by molar-refractivity contribution is -0.120. The Morgan fingerprint density at radius 1 is 1.03 bits per heavy atom. The van der Waals surface area contributed by atoms with Gasteiger partial charge in [0.1, 0.15) is 11.6 Å². The molecule has 3 aromatic carbocycles. The van der Waals surface area contributed by atoms with Crippen LogP contribution in [-0.4, -0.2) is 28.6 Å². The summed E-state index contributed by atoms with van der Waals surface area (Å²) in [5.41, 5.74) is 4.07. The summed E-state index contributed by atoms with van der Waals surface area (Å²) in [5.74, 6) is 1.87. The highest BCUT2D eigenvalue weighted by Crippen LogP contribution is 2.22. The third kappa shape index (κ3) is 7.00. The van der Waals surface area contributed by atoms with Gasteiger partial charge in [0.25, 0.3) is 0 Å². The molecule has 0 radical (unpaired) electrons. The first-order valence-corrected chi connectivity index (χ1v) is 12.6. The van der Waals surface area contributed by atoms with E-state index in [1.54, 1.807) is 12.1 Å². The highest BCUT2D eigenvalue weighted by molar-refractivity contribution is 6.31. The molecule has 0 saturated heterocycles.